The molecule has 1 aromatic rings. The molecule has 1 fully saturated rings. The topological polar surface area (TPSA) is 62.6 Å². The van der Waals surface area contributed by atoms with E-state index < -0.39 is 6.03 Å². The van der Waals surface area contributed by atoms with Crippen molar-refractivity contribution in [1.29, 1.82) is 0 Å². The minimum atomic E-state index is -0.411. The Morgan fingerprint density at radius 3 is 2.33 bits per heavy atom. The second-order valence-corrected chi connectivity index (χ2v) is 7.81. The molecular weight excluding hydrogens is 302 g/mol. The molecule has 0 spiro atoms. The van der Waals surface area contributed by atoms with Crippen LogP contribution in [-0.4, -0.2) is 37.1 Å². The monoisotopic (exact) mass is 332 g/mol. The van der Waals surface area contributed by atoms with Crippen molar-refractivity contribution in [2.24, 2.45) is 5.92 Å². The fraction of sp³-hybridized carbons (Fsp3) is 0.579. The van der Waals surface area contributed by atoms with Gasteiger partial charge in [0, 0.05) is 5.54 Å². The van der Waals surface area contributed by atoms with Crippen molar-refractivity contribution in [3.63, 3.8) is 0 Å². The van der Waals surface area contributed by atoms with Gasteiger partial charge in [0.1, 0.15) is 0 Å². The van der Waals surface area contributed by atoms with E-state index in [4.69, 9.17) is 0 Å². The zero-order valence-electron chi connectivity index (χ0n) is 15.0. The van der Waals surface area contributed by atoms with Crippen LogP contribution in [0.25, 0.3) is 0 Å². The Morgan fingerprint density at radius 1 is 1.12 bits per heavy atom. The summed E-state index contributed by atoms with van der Waals surface area (Å²) in [6.45, 7) is 8.02. The van der Waals surface area contributed by atoms with Crippen molar-refractivity contribution in [2.45, 2.75) is 45.6 Å². The van der Waals surface area contributed by atoms with Gasteiger partial charge in [-0.05, 0) is 51.5 Å². The first-order chi connectivity index (χ1) is 11.3. The molecule has 0 aliphatic carbocycles. The van der Waals surface area contributed by atoms with Gasteiger partial charge in [0.05, 0.1) is 13.1 Å². The second kappa shape index (κ2) is 8.29. The highest BCUT2D eigenvalue weighted by molar-refractivity contribution is 5.94. The van der Waals surface area contributed by atoms with Crippen molar-refractivity contribution in [2.75, 3.05) is 19.6 Å². The third-order valence-corrected chi connectivity index (χ3v) is 4.33. The Kier molecular flexibility index (Phi) is 6.37. The van der Waals surface area contributed by atoms with Crippen LogP contribution >= 0.6 is 0 Å². The Hall–Kier alpha value is -1.88. The fourth-order valence-electron chi connectivity index (χ4n) is 3.18. The molecule has 5 nitrogen and oxygen atoms in total. The van der Waals surface area contributed by atoms with Crippen LogP contribution in [0.5, 0.6) is 0 Å². The second-order valence-electron chi connectivity index (χ2n) is 7.81. The summed E-state index contributed by atoms with van der Waals surface area (Å²) < 4.78 is 0. The summed E-state index contributed by atoms with van der Waals surface area (Å²) in [6, 6.07) is 10.2. The van der Waals surface area contributed by atoms with E-state index in [9.17, 15) is 9.59 Å². The lowest BCUT2D eigenvalue weighted by Crippen LogP contribution is -3.14. The number of imide groups is 1. The number of urea groups is 1. The van der Waals surface area contributed by atoms with Gasteiger partial charge in [0.15, 0.2) is 6.54 Å². The Morgan fingerprint density at radius 2 is 1.75 bits per heavy atom. The van der Waals surface area contributed by atoms with Gasteiger partial charge in [0.2, 0.25) is 0 Å². The van der Waals surface area contributed by atoms with Gasteiger partial charge in [0.25, 0.3) is 5.91 Å². The summed E-state index contributed by atoms with van der Waals surface area (Å²) in [5.74, 6) is 0.497. The Balaban J connectivity index is 1.69. The van der Waals surface area contributed by atoms with Gasteiger partial charge in [-0.3, -0.25) is 10.1 Å². The van der Waals surface area contributed by atoms with Gasteiger partial charge >= 0.3 is 6.03 Å². The van der Waals surface area contributed by atoms with E-state index >= 15 is 0 Å². The first-order valence-corrected chi connectivity index (χ1v) is 8.81. The summed E-state index contributed by atoms with van der Waals surface area (Å²) in [4.78, 5) is 25.0. The van der Waals surface area contributed by atoms with Crippen LogP contribution in [0.1, 0.15) is 39.2 Å². The molecule has 0 unspecified atom stereocenters. The molecule has 24 heavy (non-hydrogen) atoms. The highest BCUT2D eigenvalue weighted by Gasteiger charge is 2.25. The molecular formula is C19H30N3O2+. The molecule has 5 heteroatoms. The number of carbonyl (C=O) groups is 2. The number of likely N-dealkylation sites (tertiary alicyclic amines) is 1. The van der Waals surface area contributed by atoms with Gasteiger partial charge in [-0.1, -0.05) is 30.3 Å². The number of piperidine rings is 1. The Bertz CT molecular complexity index is 543. The molecule has 1 aromatic carbocycles. The van der Waals surface area contributed by atoms with Crippen LogP contribution < -0.4 is 15.5 Å². The van der Waals surface area contributed by atoms with Gasteiger partial charge in [-0.15, -0.1) is 0 Å². The summed E-state index contributed by atoms with van der Waals surface area (Å²) >= 11 is 0. The number of benzene rings is 1. The van der Waals surface area contributed by atoms with E-state index in [1.54, 1.807) is 0 Å². The van der Waals surface area contributed by atoms with Crippen LogP contribution in [0.2, 0.25) is 0 Å². The largest absolute Gasteiger partial charge is 0.333 e. The maximum absolute atomic E-state index is 12.0. The third-order valence-electron chi connectivity index (χ3n) is 4.33. The van der Waals surface area contributed by atoms with Gasteiger partial charge < -0.3 is 10.2 Å². The SMILES string of the molecule is CC(C)(C)NC(=O)NC(=O)C[NH+]1CCC(Cc2ccccc2)CC1. The van der Waals surface area contributed by atoms with Gasteiger partial charge in [-0.25, -0.2) is 4.79 Å². The van der Waals surface area contributed by atoms with Crippen LogP contribution in [0.3, 0.4) is 0 Å². The summed E-state index contributed by atoms with van der Waals surface area (Å²) in [7, 11) is 0. The molecule has 1 aliphatic rings. The molecule has 3 N–H and O–H groups in total. The number of rotatable bonds is 4. The fourth-order valence-corrected chi connectivity index (χ4v) is 3.18. The quantitative estimate of drug-likeness (QED) is 0.774. The number of carbonyl (C=O) groups excluding carboxylic acids is 2. The zero-order chi connectivity index (χ0) is 17.6. The molecule has 1 heterocycles. The molecule has 0 bridgehead atoms. The average molecular weight is 332 g/mol. The summed E-state index contributed by atoms with van der Waals surface area (Å²) in [5, 5.41) is 5.17. The molecule has 1 aliphatic heterocycles. The first kappa shape index (κ1) is 18.5. The van der Waals surface area contributed by atoms with Crippen LogP contribution in [0.15, 0.2) is 30.3 Å². The molecule has 1 saturated heterocycles. The van der Waals surface area contributed by atoms with Crippen molar-refractivity contribution < 1.29 is 14.5 Å². The van der Waals surface area contributed by atoms with Crippen LogP contribution in [0.4, 0.5) is 4.79 Å². The molecule has 2 rings (SSSR count). The standard InChI is InChI=1S/C19H29N3O2/c1-19(2,3)21-18(24)20-17(23)14-22-11-9-16(10-12-22)13-15-7-5-4-6-8-15/h4-8,16H,9-14H2,1-3H3,(H2,20,21,23,24)/p+1. The van der Waals surface area contributed by atoms with Crippen molar-refractivity contribution in [3.05, 3.63) is 35.9 Å². The third kappa shape index (κ3) is 6.71. The predicted octanol–water partition coefficient (Wildman–Crippen LogP) is 1.15. The van der Waals surface area contributed by atoms with Gasteiger partial charge in [-0.2, -0.15) is 0 Å². The average Bonchev–Trinajstić information content (AvgIpc) is 2.48. The normalized spacial score (nSPS) is 21.1. The van der Waals surface area contributed by atoms with Crippen molar-refractivity contribution in [3.8, 4) is 0 Å². The van der Waals surface area contributed by atoms with E-state index in [2.05, 4.69) is 34.9 Å². The lowest BCUT2D eigenvalue weighted by Gasteiger charge is -2.29. The maximum atomic E-state index is 12.0. The zero-order valence-corrected chi connectivity index (χ0v) is 15.0. The van der Waals surface area contributed by atoms with E-state index in [1.165, 1.54) is 10.5 Å². The lowest BCUT2D eigenvalue weighted by molar-refractivity contribution is -0.898. The maximum Gasteiger partial charge on any atom is 0.322 e. The molecule has 0 radical (unpaired) electrons. The smallest absolute Gasteiger partial charge is 0.322 e. The number of hydrogen-bond donors (Lipinski definition) is 3. The van der Waals surface area contributed by atoms with E-state index in [0.29, 0.717) is 12.5 Å². The molecule has 3 amide bonds. The van der Waals surface area contributed by atoms with Crippen molar-refractivity contribution >= 4 is 11.9 Å². The van der Waals surface area contributed by atoms with E-state index in [-0.39, 0.29) is 11.4 Å². The van der Waals surface area contributed by atoms with E-state index in [1.807, 2.05) is 26.8 Å². The van der Waals surface area contributed by atoms with Crippen molar-refractivity contribution in [1.82, 2.24) is 10.6 Å². The summed E-state index contributed by atoms with van der Waals surface area (Å²) in [5.41, 5.74) is 1.05. The molecule has 132 valence electrons. The highest BCUT2D eigenvalue weighted by atomic mass is 16.2. The number of hydrogen-bond acceptors (Lipinski definition) is 2. The van der Waals surface area contributed by atoms with Crippen LogP contribution in [0, 0.1) is 5.92 Å². The molecule has 0 aromatic heterocycles. The first-order valence-electron chi connectivity index (χ1n) is 8.81. The predicted molar refractivity (Wildman–Crippen MR) is 94.9 cm³/mol. The summed E-state index contributed by atoms with van der Waals surface area (Å²) in [6.07, 6.45) is 3.38. The van der Waals surface area contributed by atoms with E-state index in [0.717, 1.165) is 32.4 Å². The minimum Gasteiger partial charge on any atom is -0.333 e. The number of nitrogens with one attached hydrogen (secondary N) is 3. The Labute approximate surface area is 144 Å². The molecule has 0 atom stereocenters. The minimum absolute atomic E-state index is 0.201. The number of amides is 3. The number of quaternary nitrogens is 1. The van der Waals surface area contributed by atoms with Crippen LogP contribution in [-0.2, 0) is 11.2 Å². The lowest BCUT2D eigenvalue weighted by atomic mass is 9.90. The highest BCUT2D eigenvalue weighted by Crippen LogP contribution is 2.16. The molecule has 0 saturated carbocycles.